The molecule has 4 aromatic rings. The lowest BCUT2D eigenvalue weighted by Crippen LogP contribution is -2.39. The number of rotatable bonds is 4. The maximum atomic E-state index is 13.4. The van der Waals surface area contributed by atoms with Gasteiger partial charge in [0.05, 0.1) is 5.69 Å². The number of aryl methyl sites for hydroxylation is 1. The van der Waals surface area contributed by atoms with Crippen LogP contribution in [0.1, 0.15) is 41.6 Å². The van der Waals surface area contributed by atoms with Crippen LogP contribution >= 0.6 is 0 Å². The van der Waals surface area contributed by atoms with Crippen molar-refractivity contribution >= 4 is 27.8 Å². The van der Waals surface area contributed by atoms with Crippen molar-refractivity contribution in [3.8, 4) is 0 Å². The van der Waals surface area contributed by atoms with Gasteiger partial charge in [0.15, 0.2) is 5.58 Å². The van der Waals surface area contributed by atoms with E-state index < -0.39 is 12.0 Å². The van der Waals surface area contributed by atoms with Crippen LogP contribution in [0.3, 0.4) is 0 Å². The number of fused-ring (bicyclic) bond motifs is 2. The summed E-state index contributed by atoms with van der Waals surface area (Å²) in [6.07, 6.45) is 3.35. The van der Waals surface area contributed by atoms with Gasteiger partial charge in [-0.3, -0.25) is 9.69 Å². The molecule has 0 amide bonds. The highest BCUT2D eigenvalue weighted by Crippen LogP contribution is 2.37. The molecule has 2 aromatic carbocycles. The first-order valence-corrected chi connectivity index (χ1v) is 10.1. The Kier molecular flexibility index (Phi) is 4.55. The van der Waals surface area contributed by atoms with Crippen LogP contribution < -0.4 is 0 Å². The third-order valence-electron chi connectivity index (χ3n) is 6.14. The summed E-state index contributed by atoms with van der Waals surface area (Å²) in [5.74, 6) is -1.04. The van der Waals surface area contributed by atoms with Crippen LogP contribution in [0, 0.1) is 12.7 Å². The Bertz CT molecular complexity index is 1240. The van der Waals surface area contributed by atoms with Crippen molar-refractivity contribution in [2.24, 2.45) is 0 Å². The molecule has 7 heteroatoms. The maximum absolute atomic E-state index is 13.4. The molecule has 1 unspecified atom stereocenters. The van der Waals surface area contributed by atoms with Crippen LogP contribution in [0.15, 0.2) is 47.1 Å². The van der Waals surface area contributed by atoms with Crippen molar-refractivity contribution in [3.05, 3.63) is 65.2 Å². The highest BCUT2D eigenvalue weighted by atomic mass is 19.1. The minimum atomic E-state index is -0.849. The molecule has 3 heterocycles. The molecule has 1 atom stereocenters. The van der Waals surface area contributed by atoms with Gasteiger partial charge in [-0.15, -0.1) is 0 Å². The van der Waals surface area contributed by atoms with Gasteiger partial charge in [-0.05, 0) is 57.1 Å². The normalized spacial score (nSPS) is 17.0. The zero-order valence-electron chi connectivity index (χ0n) is 16.6. The molecule has 0 aliphatic carbocycles. The number of H-pyrrole nitrogens is 1. The van der Waals surface area contributed by atoms with Gasteiger partial charge >= 0.3 is 5.97 Å². The van der Waals surface area contributed by atoms with E-state index in [0.29, 0.717) is 18.7 Å². The Balaban J connectivity index is 1.40. The molecule has 2 N–H and O–H groups in total. The topological polar surface area (TPSA) is 82.4 Å². The van der Waals surface area contributed by atoms with Crippen molar-refractivity contribution in [1.82, 2.24) is 15.0 Å². The Morgan fingerprint density at radius 3 is 2.80 bits per heavy atom. The number of carbonyl (C=O) groups is 1. The summed E-state index contributed by atoms with van der Waals surface area (Å²) in [6, 6.07) is 9.79. The third kappa shape index (κ3) is 3.15. The van der Waals surface area contributed by atoms with Crippen molar-refractivity contribution < 1.29 is 18.8 Å². The summed E-state index contributed by atoms with van der Waals surface area (Å²) < 4.78 is 18.7. The predicted octanol–water partition coefficient (Wildman–Crippen LogP) is 4.76. The van der Waals surface area contributed by atoms with E-state index in [1.165, 1.54) is 12.1 Å². The Hall–Kier alpha value is -3.19. The maximum Gasteiger partial charge on any atom is 0.325 e. The van der Waals surface area contributed by atoms with E-state index in [2.05, 4.69) is 10.1 Å². The highest BCUT2D eigenvalue weighted by molar-refractivity contribution is 5.89. The quantitative estimate of drug-likeness (QED) is 0.510. The van der Waals surface area contributed by atoms with E-state index in [0.717, 1.165) is 46.0 Å². The molecule has 0 radical (unpaired) electrons. The van der Waals surface area contributed by atoms with Crippen molar-refractivity contribution in [3.63, 3.8) is 0 Å². The number of carboxylic acids is 1. The zero-order chi connectivity index (χ0) is 20.8. The highest BCUT2D eigenvalue weighted by Gasteiger charge is 2.34. The fourth-order valence-electron chi connectivity index (χ4n) is 4.62. The first-order valence-electron chi connectivity index (χ1n) is 10.1. The van der Waals surface area contributed by atoms with Gasteiger partial charge in [0.2, 0.25) is 0 Å². The fraction of sp³-hybridized carbons (Fsp3) is 0.304. The monoisotopic (exact) mass is 407 g/mol. The fourth-order valence-corrected chi connectivity index (χ4v) is 4.62. The van der Waals surface area contributed by atoms with Crippen molar-refractivity contribution in [1.29, 1.82) is 0 Å². The zero-order valence-corrected chi connectivity index (χ0v) is 16.6. The number of piperidine rings is 1. The van der Waals surface area contributed by atoms with Crippen LogP contribution in [0.25, 0.3) is 21.9 Å². The number of hydrogen-bond acceptors (Lipinski definition) is 4. The van der Waals surface area contributed by atoms with E-state index in [9.17, 15) is 14.3 Å². The van der Waals surface area contributed by atoms with Gasteiger partial charge in [-0.25, -0.2) is 4.39 Å². The molecule has 5 rings (SSSR count). The van der Waals surface area contributed by atoms with Crippen molar-refractivity contribution in [2.75, 3.05) is 13.1 Å². The van der Waals surface area contributed by atoms with E-state index >= 15 is 0 Å². The number of hydrogen-bond donors (Lipinski definition) is 2. The molecule has 0 saturated carbocycles. The molecule has 2 aromatic heterocycles. The largest absolute Gasteiger partial charge is 0.480 e. The number of halogens is 1. The summed E-state index contributed by atoms with van der Waals surface area (Å²) in [5, 5.41) is 16.0. The second kappa shape index (κ2) is 7.25. The van der Waals surface area contributed by atoms with Gasteiger partial charge in [-0.2, -0.15) is 0 Å². The second-order valence-corrected chi connectivity index (χ2v) is 8.05. The number of aliphatic carboxylic acids is 1. The summed E-state index contributed by atoms with van der Waals surface area (Å²) in [7, 11) is 0. The molecule has 6 nitrogen and oxygen atoms in total. The number of nitrogens with zero attached hydrogens (tertiary/aromatic N) is 2. The van der Waals surface area contributed by atoms with Crippen molar-refractivity contribution in [2.45, 2.75) is 31.7 Å². The molecule has 0 bridgehead atoms. The van der Waals surface area contributed by atoms with Crippen LogP contribution in [0.2, 0.25) is 0 Å². The second-order valence-electron chi connectivity index (χ2n) is 8.05. The molecule has 1 aliphatic heterocycles. The van der Waals surface area contributed by atoms with Crippen LogP contribution in [0.5, 0.6) is 0 Å². The van der Waals surface area contributed by atoms with Crippen LogP contribution in [-0.4, -0.2) is 39.2 Å². The first kappa shape index (κ1) is 18.8. The number of aromatic amines is 1. The summed E-state index contributed by atoms with van der Waals surface area (Å²) in [6.45, 7) is 3.27. The Morgan fingerprint density at radius 2 is 2.03 bits per heavy atom. The molecule has 1 saturated heterocycles. The smallest absolute Gasteiger partial charge is 0.325 e. The summed E-state index contributed by atoms with van der Waals surface area (Å²) in [4.78, 5) is 17.4. The third-order valence-corrected chi connectivity index (χ3v) is 6.14. The van der Waals surface area contributed by atoms with E-state index in [1.54, 1.807) is 6.07 Å². The van der Waals surface area contributed by atoms with Gasteiger partial charge in [0, 0.05) is 40.0 Å². The summed E-state index contributed by atoms with van der Waals surface area (Å²) in [5.41, 5.74) is 4.12. The Morgan fingerprint density at radius 1 is 1.23 bits per heavy atom. The minimum absolute atomic E-state index is 0.160. The van der Waals surface area contributed by atoms with E-state index in [-0.39, 0.29) is 11.7 Å². The Labute approximate surface area is 172 Å². The molecular formula is C23H22FN3O3. The molecule has 1 aliphatic rings. The lowest BCUT2D eigenvalue weighted by atomic mass is 9.90. The molecule has 154 valence electrons. The summed E-state index contributed by atoms with van der Waals surface area (Å²) >= 11 is 0. The number of aromatic nitrogens is 2. The number of likely N-dealkylation sites (tertiary alicyclic amines) is 1. The number of benzene rings is 2. The standard InChI is InChI=1S/C23H22FN3O3/c1-13-2-5-19-17(10-13)18(12-25-19)22(23(28)29)27-8-6-14(7-9-27)21-16-4-3-15(24)11-20(16)30-26-21/h2-5,10-12,14,22,25H,6-9H2,1H3,(H,28,29). The van der Waals surface area contributed by atoms with E-state index in [4.69, 9.17) is 4.52 Å². The van der Waals surface area contributed by atoms with Crippen LogP contribution in [-0.2, 0) is 4.79 Å². The molecule has 0 spiro atoms. The first-order chi connectivity index (χ1) is 14.5. The minimum Gasteiger partial charge on any atom is -0.480 e. The number of nitrogens with one attached hydrogen (secondary N) is 1. The average molecular weight is 407 g/mol. The van der Waals surface area contributed by atoms with E-state index in [1.807, 2.05) is 36.2 Å². The SMILES string of the molecule is Cc1ccc2[nH]cc(C(C(=O)O)N3CCC(c4noc5cc(F)ccc45)CC3)c2c1. The van der Waals surface area contributed by atoms with Gasteiger partial charge < -0.3 is 14.6 Å². The van der Waals surface area contributed by atoms with Gasteiger partial charge in [-0.1, -0.05) is 16.8 Å². The molecule has 1 fully saturated rings. The lowest BCUT2D eigenvalue weighted by molar-refractivity contribution is -0.144. The molecule has 30 heavy (non-hydrogen) atoms. The lowest BCUT2D eigenvalue weighted by Gasteiger charge is -2.35. The van der Waals surface area contributed by atoms with Gasteiger partial charge in [0.1, 0.15) is 11.9 Å². The number of carboxylic acid groups (broad SMARTS) is 1. The van der Waals surface area contributed by atoms with Gasteiger partial charge in [0.25, 0.3) is 0 Å². The predicted molar refractivity (Wildman–Crippen MR) is 111 cm³/mol. The average Bonchev–Trinajstić information content (AvgIpc) is 3.32. The molecular weight excluding hydrogens is 385 g/mol. The van der Waals surface area contributed by atoms with Crippen LogP contribution in [0.4, 0.5) is 4.39 Å².